The molecule has 17 heavy (non-hydrogen) atoms. The number of carbonyl (C=O) groups excluding carboxylic acids is 1. The molecular weight excluding hydrogens is 216 g/mol. The van der Waals surface area contributed by atoms with Crippen molar-refractivity contribution in [3.8, 4) is 5.75 Å². The van der Waals surface area contributed by atoms with E-state index in [1.807, 2.05) is 13.8 Å². The van der Waals surface area contributed by atoms with Crippen LogP contribution in [0.4, 0.5) is 0 Å². The molecule has 94 valence electrons. The highest BCUT2D eigenvalue weighted by Gasteiger charge is 2.18. The highest BCUT2D eigenvalue weighted by Crippen LogP contribution is 2.14. The molecule has 4 heteroatoms. The van der Waals surface area contributed by atoms with Crippen molar-refractivity contribution >= 4 is 5.91 Å². The molecule has 0 unspecified atom stereocenters. The van der Waals surface area contributed by atoms with Crippen LogP contribution >= 0.6 is 0 Å². The lowest BCUT2D eigenvalue weighted by atomic mass is 10.1. The lowest BCUT2D eigenvalue weighted by Crippen LogP contribution is -2.38. The number of aromatic hydroxyl groups is 1. The zero-order valence-corrected chi connectivity index (χ0v) is 10.4. The van der Waals surface area contributed by atoms with Crippen molar-refractivity contribution in [2.24, 2.45) is 5.73 Å². The number of amides is 1. The van der Waals surface area contributed by atoms with Crippen LogP contribution in [0.25, 0.3) is 0 Å². The molecule has 0 atom stereocenters. The van der Waals surface area contributed by atoms with E-state index in [0.717, 1.165) is 6.42 Å². The van der Waals surface area contributed by atoms with Crippen LogP contribution in [-0.2, 0) is 0 Å². The Bertz CT molecular complexity index is 377. The number of hydrogen-bond donors (Lipinski definition) is 2. The summed E-state index contributed by atoms with van der Waals surface area (Å²) in [5.41, 5.74) is 5.97. The van der Waals surface area contributed by atoms with Gasteiger partial charge in [-0.25, -0.2) is 0 Å². The Kier molecular flexibility index (Phi) is 4.97. The molecule has 0 aromatic heterocycles. The van der Waals surface area contributed by atoms with Crippen LogP contribution in [0.1, 0.15) is 30.6 Å². The molecule has 4 nitrogen and oxygen atoms in total. The predicted molar refractivity (Wildman–Crippen MR) is 68.0 cm³/mol. The number of hydrogen-bond acceptors (Lipinski definition) is 3. The van der Waals surface area contributed by atoms with E-state index in [0.29, 0.717) is 18.7 Å². The van der Waals surface area contributed by atoms with Crippen molar-refractivity contribution in [1.82, 2.24) is 4.90 Å². The monoisotopic (exact) mass is 236 g/mol. The van der Waals surface area contributed by atoms with E-state index in [9.17, 15) is 9.90 Å². The highest BCUT2D eigenvalue weighted by atomic mass is 16.3. The van der Waals surface area contributed by atoms with Crippen LogP contribution in [0, 0.1) is 0 Å². The maximum absolute atomic E-state index is 12.2. The third kappa shape index (κ3) is 3.75. The number of phenols is 1. The summed E-state index contributed by atoms with van der Waals surface area (Å²) in [6.45, 7) is 5.15. The average molecular weight is 236 g/mol. The van der Waals surface area contributed by atoms with Gasteiger partial charge in [0, 0.05) is 18.2 Å². The number of benzene rings is 1. The molecule has 0 saturated heterocycles. The molecule has 0 aliphatic heterocycles. The third-order valence-corrected chi connectivity index (χ3v) is 2.58. The number of nitrogens with two attached hydrogens (primary N) is 1. The van der Waals surface area contributed by atoms with Crippen LogP contribution in [-0.4, -0.2) is 35.0 Å². The Morgan fingerprint density at radius 1 is 1.47 bits per heavy atom. The van der Waals surface area contributed by atoms with Crippen molar-refractivity contribution in [2.45, 2.75) is 26.3 Å². The van der Waals surface area contributed by atoms with Crippen LogP contribution in [0.3, 0.4) is 0 Å². The maximum atomic E-state index is 12.2. The second-order valence-corrected chi connectivity index (χ2v) is 4.28. The van der Waals surface area contributed by atoms with Gasteiger partial charge in [-0.15, -0.1) is 0 Å². The Hall–Kier alpha value is -1.55. The molecule has 0 fully saturated rings. The Morgan fingerprint density at radius 2 is 2.18 bits per heavy atom. The standard InChI is InChI=1S/C13H20N2O2/c1-10(2)15(8-4-7-14)13(17)11-5-3-6-12(16)9-11/h3,5-6,9-10,16H,4,7-8,14H2,1-2H3. The first kappa shape index (κ1) is 13.5. The molecule has 0 radical (unpaired) electrons. The van der Waals surface area contributed by atoms with Gasteiger partial charge in [0.15, 0.2) is 0 Å². The van der Waals surface area contributed by atoms with Gasteiger partial charge in [0.2, 0.25) is 0 Å². The summed E-state index contributed by atoms with van der Waals surface area (Å²) < 4.78 is 0. The number of phenolic OH excluding ortho intramolecular Hbond substituents is 1. The molecule has 0 saturated carbocycles. The zero-order chi connectivity index (χ0) is 12.8. The van der Waals surface area contributed by atoms with Gasteiger partial charge >= 0.3 is 0 Å². The molecule has 0 heterocycles. The topological polar surface area (TPSA) is 66.6 Å². The largest absolute Gasteiger partial charge is 0.508 e. The summed E-state index contributed by atoms with van der Waals surface area (Å²) in [5, 5.41) is 9.37. The molecule has 1 rings (SSSR count). The summed E-state index contributed by atoms with van der Waals surface area (Å²) >= 11 is 0. The van der Waals surface area contributed by atoms with E-state index in [1.54, 1.807) is 23.1 Å². The highest BCUT2D eigenvalue weighted by molar-refractivity contribution is 5.94. The van der Waals surface area contributed by atoms with E-state index in [4.69, 9.17) is 5.73 Å². The van der Waals surface area contributed by atoms with E-state index in [2.05, 4.69) is 0 Å². The fourth-order valence-corrected chi connectivity index (χ4v) is 1.66. The third-order valence-electron chi connectivity index (χ3n) is 2.58. The minimum absolute atomic E-state index is 0.0654. The van der Waals surface area contributed by atoms with E-state index >= 15 is 0 Å². The van der Waals surface area contributed by atoms with Crippen molar-refractivity contribution < 1.29 is 9.90 Å². The van der Waals surface area contributed by atoms with Crippen LogP contribution in [0.2, 0.25) is 0 Å². The first-order chi connectivity index (χ1) is 8.06. The number of carbonyl (C=O) groups is 1. The molecule has 3 N–H and O–H groups in total. The van der Waals surface area contributed by atoms with E-state index in [1.165, 1.54) is 6.07 Å². The lowest BCUT2D eigenvalue weighted by Gasteiger charge is -2.26. The van der Waals surface area contributed by atoms with Gasteiger partial charge in [0.25, 0.3) is 5.91 Å². The summed E-state index contributed by atoms with van der Waals surface area (Å²) in [5.74, 6) is 0.0442. The van der Waals surface area contributed by atoms with Gasteiger partial charge in [-0.2, -0.15) is 0 Å². The molecule has 0 spiro atoms. The summed E-state index contributed by atoms with van der Waals surface area (Å²) in [4.78, 5) is 14.0. The summed E-state index contributed by atoms with van der Waals surface area (Å²) in [6, 6.07) is 6.54. The number of rotatable bonds is 5. The van der Waals surface area contributed by atoms with Crippen molar-refractivity contribution in [1.29, 1.82) is 0 Å². The second-order valence-electron chi connectivity index (χ2n) is 4.28. The zero-order valence-electron chi connectivity index (χ0n) is 10.4. The van der Waals surface area contributed by atoms with Crippen LogP contribution in [0.5, 0.6) is 5.75 Å². The SMILES string of the molecule is CC(C)N(CCCN)C(=O)c1cccc(O)c1. The second kappa shape index (κ2) is 6.25. The normalized spacial score (nSPS) is 10.6. The van der Waals surface area contributed by atoms with Gasteiger partial charge in [-0.3, -0.25) is 4.79 Å². The first-order valence-corrected chi connectivity index (χ1v) is 5.86. The molecule has 0 aliphatic carbocycles. The molecule has 0 bridgehead atoms. The Morgan fingerprint density at radius 3 is 2.71 bits per heavy atom. The molecule has 1 aromatic carbocycles. The molecular formula is C13H20N2O2. The van der Waals surface area contributed by atoms with Gasteiger partial charge in [0.1, 0.15) is 5.75 Å². The summed E-state index contributed by atoms with van der Waals surface area (Å²) in [6.07, 6.45) is 0.780. The first-order valence-electron chi connectivity index (χ1n) is 5.86. The van der Waals surface area contributed by atoms with Gasteiger partial charge in [0.05, 0.1) is 0 Å². The Balaban J connectivity index is 2.84. The fourth-order valence-electron chi connectivity index (χ4n) is 1.66. The molecule has 1 aromatic rings. The van der Waals surface area contributed by atoms with Crippen molar-refractivity contribution in [3.05, 3.63) is 29.8 Å². The van der Waals surface area contributed by atoms with E-state index in [-0.39, 0.29) is 17.7 Å². The van der Waals surface area contributed by atoms with Crippen LogP contribution < -0.4 is 5.73 Å². The van der Waals surface area contributed by atoms with Gasteiger partial charge < -0.3 is 15.7 Å². The smallest absolute Gasteiger partial charge is 0.254 e. The van der Waals surface area contributed by atoms with E-state index < -0.39 is 0 Å². The number of nitrogens with zero attached hydrogens (tertiary/aromatic N) is 1. The minimum atomic E-state index is -0.0654. The van der Waals surface area contributed by atoms with Gasteiger partial charge in [-0.05, 0) is 45.0 Å². The average Bonchev–Trinajstić information content (AvgIpc) is 2.29. The van der Waals surface area contributed by atoms with Crippen LogP contribution in [0.15, 0.2) is 24.3 Å². The maximum Gasteiger partial charge on any atom is 0.254 e. The summed E-state index contributed by atoms with van der Waals surface area (Å²) in [7, 11) is 0. The fraction of sp³-hybridized carbons (Fsp3) is 0.462. The van der Waals surface area contributed by atoms with Crippen molar-refractivity contribution in [2.75, 3.05) is 13.1 Å². The molecule has 1 amide bonds. The van der Waals surface area contributed by atoms with Crippen molar-refractivity contribution in [3.63, 3.8) is 0 Å². The minimum Gasteiger partial charge on any atom is -0.508 e. The Labute approximate surface area is 102 Å². The predicted octanol–water partition coefficient (Wildman–Crippen LogP) is 1.59. The lowest BCUT2D eigenvalue weighted by molar-refractivity contribution is 0.0704. The molecule has 0 aliphatic rings. The quantitative estimate of drug-likeness (QED) is 0.816. The van der Waals surface area contributed by atoms with Gasteiger partial charge in [-0.1, -0.05) is 6.07 Å².